The third-order valence-electron chi connectivity index (χ3n) is 6.17. The second kappa shape index (κ2) is 10.3. The molecule has 1 atom stereocenters. The summed E-state index contributed by atoms with van der Waals surface area (Å²) in [6.45, 7) is 9.18. The van der Waals surface area contributed by atoms with Crippen molar-refractivity contribution in [3.8, 4) is 0 Å². The van der Waals surface area contributed by atoms with Crippen LogP contribution in [0.15, 0.2) is 4.99 Å². The summed E-state index contributed by atoms with van der Waals surface area (Å²) in [6.07, 6.45) is 9.43. The first kappa shape index (κ1) is 21.2. The summed E-state index contributed by atoms with van der Waals surface area (Å²) in [5, 5.41) is 3.50. The molecule has 25 heavy (non-hydrogen) atoms. The van der Waals surface area contributed by atoms with Gasteiger partial charge in [0, 0.05) is 44.2 Å². The van der Waals surface area contributed by atoms with Crippen LogP contribution in [-0.4, -0.2) is 74.8 Å². The molecule has 0 aromatic heterocycles. The Kier molecular flexibility index (Phi) is 8.75. The lowest BCUT2D eigenvalue weighted by Crippen LogP contribution is -2.42. The van der Waals surface area contributed by atoms with Gasteiger partial charge in [-0.15, -0.1) is 24.0 Å². The maximum atomic E-state index is 5.66. The Morgan fingerprint density at radius 3 is 2.76 bits per heavy atom. The molecule has 0 bridgehead atoms. The quantitative estimate of drug-likeness (QED) is 0.386. The fourth-order valence-electron chi connectivity index (χ4n) is 4.53. The van der Waals surface area contributed by atoms with E-state index < -0.39 is 0 Å². The fourth-order valence-corrected chi connectivity index (χ4v) is 4.53. The molecular weight excluding hydrogens is 427 g/mol. The van der Waals surface area contributed by atoms with E-state index in [1.807, 2.05) is 0 Å². The molecule has 1 saturated carbocycles. The zero-order valence-electron chi connectivity index (χ0n) is 16.1. The average molecular weight is 464 g/mol. The van der Waals surface area contributed by atoms with Crippen molar-refractivity contribution in [2.45, 2.75) is 57.9 Å². The Labute approximate surface area is 171 Å². The van der Waals surface area contributed by atoms with Gasteiger partial charge in [-0.1, -0.05) is 19.3 Å². The molecule has 3 fully saturated rings. The number of nitrogens with zero attached hydrogens (tertiary/aromatic N) is 3. The summed E-state index contributed by atoms with van der Waals surface area (Å²) in [4.78, 5) is 9.92. The molecule has 2 aliphatic heterocycles. The molecule has 2 heterocycles. The van der Waals surface area contributed by atoms with Crippen LogP contribution in [0.1, 0.15) is 51.9 Å². The van der Waals surface area contributed by atoms with E-state index in [1.54, 1.807) is 0 Å². The molecule has 5 nitrogen and oxygen atoms in total. The van der Waals surface area contributed by atoms with Gasteiger partial charge in [0.1, 0.15) is 0 Å². The Morgan fingerprint density at radius 1 is 1.28 bits per heavy atom. The molecule has 2 saturated heterocycles. The van der Waals surface area contributed by atoms with E-state index >= 15 is 0 Å². The third-order valence-corrected chi connectivity index (χ3v) is 6.17. The number of ether oxygens (including phenoxy) is 1. The molecule has 0 aromatic carbocycles. The molecule has 3 rings (SSSR count). The predicted octanol–water partition coefficient (Wildman–Crippen LogP) is 2.95. The molecule has 3 aliphatic rings. The summed E-state index contributed by atoms with van der Waals surface area (Å²) in [5.41, 5.74) is 0.398. The van der Waals surface area contributed by atoms with Gasteiger partial charge in [0.05, 0.1) is 13.2 Å². The highest BCUT2D eigenvalue weighted by Gasteiger charge is 2.42. The van der Waals surface area contributed by atoms with E-state index in [1.165, 1.54) is 44.9 Å². The summed E-state index contributed by atoms with van der Waals surface area (Å²) in [5.74, 6) is 1.11. The summed E-state index contributed by atoms with van der Waals surface area (Å²) in [7, 11) is 2.28. The highest BCUT2D eigenvalue weighted by molar-refractivity contribution is 14.0. The molecule has 1 unspecified atom stereocenters. The van der Waals surface area contributed by atoms with Crippen LogP contribution < -0.4 is 5.32 Å². The first-order chi connectivity index (χ1) is 11.7. The molecule has 1 spiro atoms. The van der Waals surface area contributed by atoms with Crippen LogP contribution in [0.25, 0.3) is 0 Å². The van der Waals surface area contributed by atoms with Crippen molar-refractivity contribution in [2.75, 3.05) is 53.0 Å². The van der Waals surface area contributed by atoms with Gasteiger partial charge in [0.2, 0.25) is 0 Å². The molecule has 1 aliphatic carbocycles. The highest BCUT2D eigenvalue weighted by Crippen LogP contribution is 2.38. The van der Waals surface area contributed by atoms with Gasteiger partial charge in [-0.25, -0.2) is 0 Å². The molecule has 1 N–H and O–H groups in total. The van der Waals surface area contributed by atoms with Crippen molar-refractivity contribution >= 4 is 29.9 Å². The molecule has 6 heteroatoms. The van der Waals surface area contributed by atoms with Crippen molar-refractivity contribution in [1.82, 2.24) is 15.1 Å². The van der Waals surface area contributed by atoms with Gasteiger partial charge >= 0.3 is 0 Å². The zero-order valence-corrected chi connectivity index (χ0v) is 18.5. The number of halogens is 1. The van der Waals surface area contributed by atoms with Gasteiger partial charge in [-0.3, -0.25) is 4.99 Å². The van der Waals surface area contributed by atoms with Gasteiger partial charge in [0.25, 0.3) is 0 Å². The minimum atomic E-state index is 0. The van der Waals surface area contributed by atoms with Gasteiger partial charge < -0.3 is 19.9 Å². The molecule has 0 amide bonds. The van der Waals surface area contributed by atoms with Crippen LogP contribution in [0.5, 0.6) is 0 Å². The van der Waals surface area contributed by atoms with Crippen molar-refractivity contribution < 1.29 is 4.74 Å². The Hall–Kier alpha value is -0.0800. The number of likely N-dealkylation sites (N-methyl/N-ethyl adjacent to an activating group) is 1. The summed E-state index contributed by atoms with van der Waals surface area (Å²) in [6, 6.07) is 0.780. The van der Waals surface area contributed by atoms with Crippen LogP contribution in [-0.2, 0) is 4.74 Å². The number of likely N-dealkylation sites (tertiary alicyclic amines) is 1. The van der Waals surface area contributed by atoms with E-state index in [4.69, 9.17) is 9.73 Å². The van der Waals surface area contributed by atoms with Gasteiger partial charge in [-0.05, 0) is 39.7 Å². The molecule has 0 radical (unpaired) electrons. The lowest BCUT2D eigenvalue weighted by atomic mass is 9.87. The van der Waals surface area contributed by atoms with Gasteiger partial charge in [0.15, 0.2) is 5.96 Å². The van der Waals surface area contributed by atoms with Crippen LogP contribution in [0.2, 0.25) is 0 Å². The maximum absolute atomic E-state index is 5.66. The van der Waals surface area contributed by atoms with E-state index in [-0.39, 0.29) is 24.0 Å². The number of aliphatic imine (C=N–C) groups is 1. The second-order valence-corrected chi connectivity index (χ2v) is 7.98. The Morgan fingerprint density at radius 2 is 2.08 bits per heavy atom. The maximum Gasteiger partial charge on any atom is 0.193 e. The minimum Gasteiger partial charge on any atom is -0.381 e. The first-order valence-corrected chi connectivity index (χ1v) is 10.0. The first-order valence-electron chi connectivity index (χ1n) is 10.0. The van der Waals surface area contributed by atoms with E-state index in [2.05, 4.69) is 29.1 Å². The lowest BCUT2D eigenvalue weighted by molar-refractivity contribution is 0.156. The van der Waals surface area contributed by atoms with Crippen molar-refractivity contribution in [1.29, 1.82) is 0 Å². The van der Waals surface area contributed by atoms with Crippen LogP contribution in [0, 0.1) is 5.41 Å². The lowest BCUT2D eigenvalue weighted by Gasteiger charge is -2.31. The number of hydrogen-bond acceptors (Lipinski definition) is 3. The van der Waals surface area contributed by atoms with E-state index in [9.17, 15) is 0 Å². The smallest absolute Gasteiger partial charge is 0.193 e. The average Bonchev–Trinajstić information content (AvgIpc) is 3.25. The van der Waals surface area contributed by atoms with E-state index in [0.717, 1.165) is 57.9 Å². The van der Waals surface area contributed by atoms with Crippen molar-refractivity contribution in [2.24, 2.45) is 10.4 Å². The molecule has 0 aromatic rings. The molecular formula is C19H37IN4O. The summed E-state index contributed by atoms with van der Waals surface area (Å²) >= 11 is 0. The summed E-state index contributed by atoms with van der Waals surface area (Å²) < 4.78 is 5.66. The topological polar surface area (TPSA) is 40.1 Å². The number of guanidine groups is 1. The highest BCUT2D eigenvalue weighted by atomic mass is 127. The zero-order chi connectivity index (χ0) is 16.8. The predicted molar refractivity (Wildman–Crippen MR) is 115 cm³/mol. The standard InChI is InChI=1S/C19H36N4O.HI/c1-3-20-18(23-12-9-19(15-23)10-14-24-16-19)21-11-13-22(2)17-7-5-4-6-8-17;/h17H,3-16H2,1-2H3,(H,20,21);1H. The Bertz CT molecular complexity index is 420. The van der Waals surface area contributed by atoms with Crippen molar-refractivity contribution in [3.05, 3.63) is 0 Å². The SMILES string of the molecule is CCNC(=NCCN(C)C1CCCCC1)N1CCC2(CCOC2)C1.I. The molecule has 146 valence electrons. The minimum absolute atomic E-state index is 0. The second-order valence-electron chi connectivity index (χ2n) is 7.98. The Balaban J connectivity index is 0.00000225. The van der Waals surface area contributed by atoms with Crippen LogP contribution >= 0.6 is 24.0 Å². The number of rotatable bonds is 5. The number of hydrogen-bond donors (Lipinski definition) is 1. The van der Waals surface area contributed by atoms with Crippen LogP contribution in [0.4, 0.5) is 0 Å². The largest absolute Gasteiger partial charge is 0.381 e. The third kappa shape index (κ3) is 5.70. The number of nitrogens with one attached hydrogen (secondary N) is 1. The van der Waals surface area contributed by atoms with Crippen LogP contribution in [0.3, 0.4) is 0 Å². The van der Waals surface area contributed by atoms with Crippen molar-refractivity contribution in [3.63, 3.8) is 0 Å². The normalized spacial score (nSPS) is 28.0. The van der Waals surface area contributed by atoms with Gasteiger partial charge in [-0.2, -0.15) is 0 Å². The monoisotopic (exact) mass is 464 g/mol. The van der Waals surface area contributed by atoms with E-state index in [0.29, 0.717) is 5.41 Å². The fraction of sp³-hybridized carbons (Fsp3) is 0.947.